The van der Waals surface area contributed by atoms with Crippen molar-refractivity contribution < 1.29 is 18.7 Å². The third-order valence-electron chi connectivity index (χ3n) is 6.11. The van der Waals surface area contributed by atoms with Crippen LogP contribution in [0.25, 0.3) is 0 Å². The SMILES string of the molecule is C[C@@H](C(=O)Nc1cccc(F)c1)N1CCN(C[C@@H]2CCCN(C(=O)OC(C)(C)C)C2)CC1. The van der Waals surface area contributed by atoms with Crippen molar-refractivity contribution in [3.8, 4) is 0 Å². The van der Waals surface area contributed by atoms with Gasteiger partial charge in [-0.2, -0.15) is 0 Å². The Bertz CT molecular complexity index is 790. The molecule has 0 spiro atoms. The standard InChI is InChI=1S/C24H37FN4O3/c1-18(22(30)26-21-9-5-8-20(25)15-21)28-13-11-27(12-14-28)16-19-7-6-10-29(17-19)23(31)32-24(2,3)4/h5,8-9,15,18-19H,6-7,10-14,16-17H2,1-4H3,(H,26,30)/t18-,19-/m0/s1. The van der Waals surface area contributed by atoms with E-state index in [-0.39, 0.29) is 23.9 Å². The highest BCUT2D eigenvalue weighted by Gasteiger charge is 2.30. The van der Waals surface area contributed by atoms with Crippen LogP contribution in [0.4, 0.5) is 14.9 Å². The summed E-state index contributed by atoms with van der Waals surface area (Å²) in [4.78, 5) is 31.4. The van der Waals surface area contributed by atoms with Crippen LogP contribution in [0.5, 0.6) is 0 Å². The summed E-state index contributed by atoms with van der Waals surface area (Å²) < 4.78 is 18.9. The zero-order valence-corrected chi connectivity index (χ0v) is 19.8. The van der Waals surface area contributed by atoms with Crippen LogP contribution in [0.15, 0.2) is 24.3 Å². The molecule has 1 aromatic carbocycles. The molecule has 2 aliphatic rings. The Balaban J connectivity index is 1.43. The van der Waals surface area contributed by atoms with E-state index in [2.05, 4.69) is 15.1 Å². The fourth-order valence-electron chi connectivity index (χ4n) is 4.38. The first-order chi connectivity index (χ1) is 15.1. The predicted molar refractivity (Wildman–Crippen MR) is 123 cm³/mol. The number of benzene rings is 1. The van der Waals surface area contributed by atoms with Crippen LogP contribution >= 0.6 is 0 Å². The summed E-state index contributed by atoms with van der Waals surface area (Å²) in [7, 11) is 0. The maximum Gasteiger partial charge on any atom is 0.410 e. The molecule has 0 bridgehead atoms. The lowest BCUT2D eigenvalue weighted by molar-refractivity contribution is -0.121. The Kier molecular flexibility index (Phi) is 8.11. The van der Waals surface area contributed by atoms with Gasteiger partial charge in [-0.05, 0) is 64.7 Å². The Hall–Kier alpha value is -2.19. The molecule has 0 aliphatic carbocycles. The topological polar surface area (TPSA) is 65.1 Å². The second kappa shape index (κ2) is 10.6. The van der Waals surface area contributed by atoms with Gasteiger partial charge in [0.1, 0.15) is 11.4 Å². The Morgan fingerprint density at radius 3 is 2.56 bits per heavy atom. The molecule has 3 rings (SSSR count). The molecule has 2 aliphatic heterocycles. The van der Waals surface area contributed by atoms with Gasteiger partial charge in [-0.15, -0.1) is 0 Å². The van der Waals surface area contributed by atoms with Crippen molar-refractivity contribution in [2.45, 2.75) is 52.2 Å². The van der Waals surface area contributed by atoms with E-state index in [1.54, 1.807) is 12.1 Å². The highest BCUT2D eigenvalue weighted by atomic mass is 19.1. The van der Waals surface area contributed by atoms with E-state index in [1.807, 2.05) is 32.6 Å². The maximum absolute atomic E-state index is 13.4. The van der Waals surface area contributed by atoms with Crippen molar-refractivity contribution in [1.29, 1.82) is 0 Å². The first kappa shape index (κ1) is 24.5. The van der Waals surface area contributed by atoms with Crippen molar-refractivity contribution in [3.63, 3.8) is 0 Å². The van der Waals surface area contributed by atoms with E-state index in [1.165, 1.54) is 12.1 Å². The number of rotatable bonds is 5. The molecule has 8 heteroatoms. The number of hydrogen-bond acceptors (Lipinski definition) is 5. The minimum absolute atomic E-state index is 0.121. The summed E-state index contributed by atoms with van der Waals surface area (Å²) >= 11 is 0. The molecule has 178 valence electrons. The number of carbonyl (C=O) groups excluding carboxylic acids is 2. The first-order valence-electron chi connectivity index (χ1n) is 11.6. The molecule has 0 radical (unpaired) electrons. The van der Waals surface area contributed by atoms with Crippen molar-refractivity contribution in [1.82, 2.24) is 14.7 Å². The van der Waals surface area contributed by atoms with Gasteiger partial charge in [0.15, 0.2) is 0 Å². The molecule has 2 amide bonds. The van der Waals surface area contributed by atoms with Crippen molar-refractivity contribution in [2.75, 3.05) is 51.1 Å². The van der Waals surface area contributed by atoms with Crippen molar-refractivity contribution >= 4 is 17.7 Å². The second-order valence-corrected chi connectivity index (χ2v) is 9.95. The van der Waals surface area contributed by atoms with Crippen molar-refractivity contribution in [2.24, 2.45) is 5.92 Å². The van der Waals surface area contributed by atoms with Gasteiger partial charge in [0.25, 0.3) is 0 Å². The number of amides is 2. The zero-order chi connectivity index (χ0) is 23.3. The monoisotopic (exact) mass is 448 g/mol. The van der Waals surface area contributed by atoms with Gasteiger partial charge >= 0.3 is 6.09 Å². The third-order valence-corrected chi connectivity index (χ3v) is 6.11. The molecule has 7 nitrogen and oxygen atoms in total. The van der Waals surface area contributed by atoms with Crippen molar-refractivity contribution in [3.05, 3.63) is 30.1 Å². The van der Waals surface area contributed by atoms with Crippen LogP contribution in [0.2, 0.25) is 0 Å². The second-order valence-electron chi connectivity index (χ2n) is 9.95. The summed E-state index contributed by atoms with van der Waals surface area (Å²) in [6, 6.07) is 5.68. The number of nitrogens with zero attached hydrogens (tertiary/aromatic N) is 3. The van der Waals surface area contributed by atoms with Crippen LogP contribution in [0.1, 0.15) is 40.5 Å². The third kappa shape index (κ3) is 7.17. The normalized spacial score (nSPS) is 21.8. The number of halogens is 1. The fourth-order valence-corrected chi connectivity index (χ4v) is 4.38. The van der Waals surface area contributed by atoms with Crippen LogP contribution in [0, 0.1) is 11.7 Å². The quantitative estimate of drug-likeness (QED) is 0.748. The van der Waals surface area contributed by atoms with Gasteiger partial charge in [0.2, 0.25) is 5.91 Å². The number of nitrogens with one attached hydrogen (secondary N) is 1. The first-order valence-corrected chi connectivity index (χ1v) is 11.6. The largest absolute Gasteiger partial charge is 0.444 e. The van der Waals surface area contributed by atoms with E-state index in [0.717, 1.165) is 58.7 Å². The number of hydrogen-bond donors (Lipinski definition) is 1. The summed E-state index contributed by atoms with van der Waals surface area (Å²) in [5.74, 6) is -0.0436. The van der Waals surface area contributed by atoms with Gasteiger partial charge in [0.05, 0.1) is 6.04 Å². The van der Waals surface area contributed by atoms with Gasteiger partial charge in [-0.3, -0.25) is 9.69 Å². The predicted octanol–water partition coefficient (Wildman–Crippen LogP) is 3.42. The fraction of sp³-hybridized carbons (Fsp3) is 0.667. The molecular formula is C24H37FN4O3. The number of carbonyl (C=O) groups is 2. The smallest absolute Gasteiger partial charge is 0.410 e. The molecule has 0 aromatic heterocycles. The van der Waals surface area contributed by atoms with Gasteiger partial charge in [-0.1, -0.05) is 6.07 Å². The highest BCUT2D eigenvalue weighted by Crippen LogP contribution is 2.21. The zero-order valence-electron chi connectivity index (χ0n) is 19.8. The molecule has 0 saturated carbocycles. The van der Waals surface area contributed by atoms with E-state index < -0.39 is 5.60 Å². The van der Waals surface area contributed by atoms with Crippen LogP contribution < -0.4 is 5.32 Å². The molecule has 2 saturated heterocycles. The highest BCUT2D eigenvalue weighted by molar-refractivity contribution is 5.94. The van der Waals surface area contributed by atoms with E-state index >= 15 is 0 Å². The minimum Gasteiger partial charge on any atom is -0.444 e. The summed E-state index contributed by atoms with van der Waals surface area (Å²) in [6.07, 6.45) is 1.90. The number of piperazine rings is 1. The van der Waals surface area contributed by atoms with E-state index in [9.17, 15) is 14.0 Å². The minimum atomic E-state index is -0.474. The Morgan fingerprint density at radius 1 is 1.19 bits per heavy atom. The molecule has 2 heterocycles. The molecule has 32 heavy (non-hydrogen) atoms. The molecule has 2 fully saturated rings. The number of anilines is 1. The van der Waals surface area contributed by atoms with Crippen LogP contribution in [-0.4, -0.2) is 84.2 Å². The molecule has 0 unspecified atom stereocenters. The summed E-state index contributed by atoms with van der Waals surface area (Å²) in [5.41, 5.74) is 0.00481. The lowest BCUT2D eigenvalue weighted by Gasteiger charge is -2.40. The molecule has 2 atom stereocenters. The molecule has 1 aromatic rings. The summed E-state index contributed by atoms with van der Waals surface area (Å²) in [6.45, 7) is 13.4. The molecule has 1 N–H and O–H groups in total. The van der Waals surface area contributed by atoms with E-state index in [4.69, 9.17) is 4.74 Å². The number of likely N-dealkylation sites (tertiary alicyclic amines) is 1. The van der Waals surface area contributed by atoms with Gasteiger partial charge in [0, 0.05) is 51.5 Å². The Labute approximate surface area is 190 Å². The lowest BCUT2D eigenvalue weighted by atomic mass is 9.97. The summed E-state index contributed by atoms with van der Waals surface area (Å²) in [5, 5.41) is 2.80. The number of piperidine rings is 1. The average Bonchev–Trinajstić information content (AvgIpc) is 2.73. The maximum atomic E-state index is 13.4. The van der Waals surface area contributed by atoms with Crippen LogP contribution in [0.3, 0.4) is 0 Å². The van der Waals surface area contributed by atoms with E-state index in [0.29, 0.717) is 11.6 Å². The number of ether oxygens (including phenoxy) is 1. The molecular weight excluding hydrogens is 411 g/mol. The Morgan fingerprint density at radius 2 is 1.91 bits per heavy atom. The lowest BCUT2D eigenvalue weighted by Crippen LogP contribution is -2.54. The van der Waals surface area contributed by atoms with Gasteiger partial charge in [-0.25, -0.2) is 9.18 Å². The van der Waals surface area contributed by atoms with Crippen LogP contribution in [-0.2, 0) is 9.53 Å². The van der Waals surface area contributed by atoms with Gasteiger partial charge < -0.3 is 19.9 Å². The average molecular weight is 449 g/mol.